The van der Waals surface area contributed by atoms with Crippen LogP contribution in [-0.4, -0.2) is 22.8 Å². The Morgan fingerprint density at radius 3 is 2.86 bits per heavy atom. The second kappa shape index (κ2) is 5.67. The van der Waals surface area contributed by atoms with Crippen LogP contribution in [-0.2, 0) is 24.2 Å². The van der Waals surface area contributed by atoms with E-state index >= 15 is 0 Å². The Kier molecular flexibility index (Phi) is 3.85. The normalized spacial score (nSPS) is 17.7. The molecular weight excluding hydrogens is 278 g/mol. The lowest BCUT2D eigenvalue weighted by Gasteiger charge is -2.21. The van der Waals surface area contributed by atoms with E-state index < -0.39 is 5.97 Å². The van der Waals surface area contributed by atoms with Crippen molar-refractivity contribution >= 4 is 16.9 Å². The molecule has 118 valence electrons. The Morgan fingerprint density at radius 2 is 2.23 bits per heavy atom. The predicted octanol–water partition coefficient (Wildman–Crippen LogP) is 3.50. The van der Waals surface area contributed by atoms with Crippen molar-refractivity contribution in [2.75, 3.05) is 7.11 Å². The van der Waals surface area contributed by atoms with E-state index in [1.54, 1.807) is 7.11 Å². The number of carbonyl (C=O) groups is 1. The van der Waals surface area contributed by atoms with Gasteiger partial charge in [-0.15, -0.1) is 0 Å². The summed E-state index contributed by atoms with van der Waals surface area (Å²) in [5, 5.41) is 10.5. The van der Waals surface area contributed by atoms with E-state index in [0.717, 1.165) is 30.5 Å². The molecule has 1 aromatic heterocycles. The molecule has 0 spiro atoms. The van der Waals surface area contributed by atoms with Crippen LogP contribution in [0.25, 0.3) is 10.9 Å². The highest BCUT2D eigenvalue weighted by atomic mass is 16.5. The van der Waals surface area contributed by atoms with Crippen molar-refractivity contribution in [3.05, 3.63) is 29.5 Å². The van der Waals surface area contributed by atoms with E-state index in [1.165, 1.54) is 16.8 Å². The maximum Gasteiger partial charge on any atom is 0.306 e. The zero-order chi connectivity index (χ0) is 15.9. The maximum absolute atomic E-state index is 11.4. The molecule has 4 heteroatoms. The minimum absolute atomic E-state index is 0.267. The predicted molar refractivity (Wildman–Crippen MR) is 86.5 cm³/mol. The minimum atomic E-state index is -0.682. The highest BCUT2D eigenvalue weighted by molar-refractivity contribution is 5.88. The molecule has 1 atom stereocenters. The van der Waals surface area contributed by atoms with Crippen molar-refractivity contribution in [1.29, 1.82) is 0 Å². The summed E-state index contributed by atoms with van der Waals surface area (Å²) in [5.41, 5.74) is 3.72. The highest BCUT2D eigenvalue weighted by Gasteiger charge is 2.29. The number of aliphatic carboxylic acids is 1. The summed E-state index contributed by atoms with van der Waals surface area (Å²) in [6.45, 7) is 5.39. The topological polar surface area (TPSA) is 51.5 Å². The van der Waals surface area contributed by atoms with Gasteiger partial charge in [0.15, 0.2) is 0 Å². The molecule has 0 amide bonds. The number of aromatic nitrogens is 1. The van der Waals surface area contributed by atoms with E-state index in [1.807, 2.05) is 6.07 Å². The summed E-state index contributed by atoms with van der Waals surface area (Å²) in [7, 11) is 1.67. The van der Waals surface area contributed by atoms with E-state index in [4.69, 9.17) is 4.74 Å². The third-order valence-corrected chi connectivity index (χ3v) is 4.57. The van der Waals surface area contributed by atoms with Gasteiger partial charge in [0.2, 0.25) is 0 Å². The number of rotatable bonds is 4. The number of nitrogens with zero attached hydrogens (tertiary/aromatic N) is 1. The van der Waals surface area contributed by atoms with Crippen molar-refractivity contribution in [1.82, 2.24) is 4.57 Å². The Morgan fingerprint density at radius 1 is 1.45 bits per heavy atom. The van der Waals surface area contributed by atoms with Gasteiger partial charge in [0.1, 0.15) is 5.75 Å². The number of hydrogen-bond acceptors (Lipinski definition) is 2. The first-order valence-electron chi connectivity index (χ1n) is 7.92. The van der Waals surface area contributed by atoms with Gasteiger partial charge >= 0.3 is 5.97 Å². The van der Waals surface area contributed by atoms with E-state index in [2.05, 4.69) is 30.5 Å². The summed E-state index contributed by atoms with van der Waals surface area (Å²) < 4.78 is 7.73. The van der Waals surface area contributed by atoms with Crippen LogP contribution < -0.4 is 4.74 Å². The third-order valence-electron chi connectivity index (χ3n) is 4.57. The van der Waals surface area contributed by atoms with Crippen LogP contribution in [0.3, 0.4) is 0 Å². The number of carboxylic acids is 1. The lowest BCUT2D eigenvalue weighted by atomic mass is 9.86. The van der Waals surface area contributed by atoms with Crippen molar-refractivity contribution in [3.63, 3.8) is 0 Å². The molecule has 1 aliphatic carbocycles. The van der Waals surface area contributed by atoms with Gasteiger partial charge in [-0.1, -0.05) is 13.8 Å². The summed E-state index contributed by atoms with van der Waals surface area (Å²) in [5.74, 6) is 0.434. The molecule has 1 aromatic carbocycles. The molecule has 4 nitrogen and oxygen atoms in total. The summed E-state index contributed by atoms with van der Waals surface area (Å²) >= 11 is 0. The van der Waals surface area contributed by atoms with Crippen molar-refractivity contribution in [2.24, 2.45) is 11.8 Å². The Labute approximate surface area is 130 Å². The summed E-state index contributed by atoms with van der Waals surface area (Å²) in [4.78, 5) is 11.4. The maximum atomic E-state index is 11.4. The van der Waals surface area contributed by atoms with Gasteiger partial charge < -0.3 is 14.4 Å². The Bertz CT molecular complexity index is 715. The first kappa shape index (κ1) is 14.9. The van der Waals surface area contributed by atoms with Crippen molar-refractivity contribution < 1.29 is 14.6 Å². The van der Waals surface area contributed by atoms with Crippen LogP contribution in [0.1, 0.15) is 31.5 Å². The Hall–Kier alpha value is -1.97. The lowest BCUT2D eigenvalue weighted by molar-refractivity contribution is -0.142. The molecule has 1 unspecified atom stereocenters. The second-order valence-corrected chi connectivity index (χ2v) is 6.59. The molecular formula is C18H23NO3. The van der Waals surface area contributed by atoms with E-state index in [-0.39, 0.29) is 5.92 Å². The van der Waals surface area contributed by atoms with Crippen molar-refractivity contribution in [3.8, 4) is 5.75 Å². The first-order valence-corrected chi connectivity index (χ1v) is 7.92. The van der Waals surface area contributed by atoms with Crippen LogP contribution in [0.2, 0.25) is 0 Å². The molecule has 1 aliphatic rings. The molecule has 0 saturated carbocycles. The molecule has 1 N–H and O–H groups in total. The largest absolute Gasteiger partial charge is 0.497 e. The number of carboxylic acid groups (broad SMARTS) is 1. The van der Waals surface area contributed by atoms with Crippen LogP contribution >= 0.6 is 0 Å². The number of ether oxygens (including phenoxy) is 1. The van der Waals surface area contributed by atoms with E-state index in [9.17, 15) is 9.90 Å². The standard InChI is InChI=1S/C18H23NO3/c1-11(2)10-19-16-6-4-12(18(20)21)8-14(16)15-9-13(22-3)5-7-17(15)19/h5,7,9,11-12H,4,6,8,10H2,1-3H3,(H,20,21). The Balaban J connectivity index is 2.17. The molecule has 22 heavy (non-hydrogen) atoms. The molecule has 0 saturated heterocycles. The van der Waals surface area contributed by atoms with Crippen LogP contribution in [0, 0.1) is 11.8 Å². The van der Waals surface area contributed by atoms with Crippen LogP contribution in [0.5, 0.6) is 5.75 Å². The van der Waals surface area contributed by atoms with Gasteiger partial charge in [0.05, 0.1) is 13.0 Å². The minimum Gasteiger partial charge on any atom is -0.497 e. The smallest absolute Gasteiger partial charge is 0.306 e. The van der Waals surface area contributed by atoms with Gasteiger partial charge in [-0.3, -0.25) is 4.79 Å². The molecule has 0 fully saturated rings. The van der Waals surface area contributed by atoms with Gasteiger partial charge in [-0.2, -0.15) is 0 Å². The highest BCUT2D eigenvalue weighted by Crippen LogP contribution is 2.36. The van der Waals surface area contributed by atoms with Gasteiger partial charge in [-0.05, 0) is 48.9 Å². The zero-order valence-electron chi connectivity index (χ0n) is 13.4. The number of hydrogen-bond donors (Lipinski definition) is 1. The lowest BCUT2D eigenvalue weighted by Crippen LogP contribution is -2.23. The molecule has 1 heterocycles. The number of fused-ring (bicyclic) bond motifs is 3. The van der Waals surface area contributed by atoms with E-state index in [0.29, 0.717) is 12.3 Å². The average Bonchev–Trinajstić information content (AvgIpc) is 2.79. The van der Waals surface area contributed by atoms with Crippen LogP contribution in [0.15, 0.2) is 18.2 Å². The van der Waals surface area contributed by atoms with Gasteiger partial charge in [-0.25, -0.2) is 0 Å². The first-order chi connectivity index (χ1) is 10.5. The van der Waals surface area contributed by atoms with Crippen LogP contribution in [0.4, 0.5) is 0 Å². The fraction of sp³-hybridized carbons (Fsp3) is 0.500. The quantitative estimate of drug-likeness (QED) is 0.940. The van der Waals surface area contributed by atoms with Gasteiger partial charge in [0, 0.05) is 23.1 Å². The molecule has 0 radical (unpaired) electrons. The summed E-state index contributed by atoms with van der Waals surface area (Å²) in [6, 6.07) is 6.14. The fourth-order valence-electron chi connectivity index (χ4n) is 3.54. The molecule has 0 bridgehead atoms. The molecule has 3 rings (SSSR count). The SMILES string of the molecule is COc1ccc2c(c1)c1c(n2CC(C)C)CCC(C(=O)O)C1. The fourth-order valence-corrected chi connectivity index (χ4v) is 3.54. The zero-order valence-corrected chi connectivity index (χ0v) is 13.4. The molecule has 0 aliphatic heterocycles. The second-order valence-electron chi connectivity index (χ2n) is 6.59. The number of methoxy groups -OCH3 is 1. The van der Waals surface area contributed by atoms with Gasteiger partial charge in [0.25, 0.3) is 0 Å². The average molecular weight is 301 g/mol. The monoisotopic (exact) mass is 301 g/mol. The van der Waals surface area contributed by atoms with Crippen molar-refractivity contribution in [2.45, 2.75) is 39.7 Å². The number of benzene rings is 1. The summed E-state index contributed by atoms with van der Waals surface area (Å²) in [6.07, 6.45) is 2.20. The third kappa shape index (κ3) is 2.47. The molecule has 2 aromatic rings.